The molecule has 0 bridgehead atoms. The van der Waals surface area contributed by atoms with Crippen LogP contribution in [0.25, 0.3) is 0 Å². The van der Waals surface area contributed by atoms with Crippen molar-refractivity contribution in [3.8, 4) is 5.75 Å². The van der Waals surface area contributed by atoms with Crippen molar-refractivity contribution in [2.24, 2.45) is 0 Å². The maximum absolute atomic E-state index is 12.9. The van der Waals surface area contributed by atoms with Crippen LogP contribution in [0.2, 0.25) is 5.02 Å². The fourth-order valence-electron chi connectivity index (χ4n) is 3.51. The number of halogens is 2. The van der Waals surface area contributed by atoms with E-state index in [4.69, 9.17) is 16.3 Å². The predicted molar refractivity (Wildman–Crippen MR) is 109 cm³/mol. The normalized spacial score (nSPS) is 16.6. The highest BCUT2D eigenvalue weighted by atomic mass is 35.5. The summed E-state index contributed by atoms with van der Waals surface area (Å²) in [5.41, 5.74) is 1.08. The first-order chi connectivity index (χ1) is 13.6. The molecule has 0 spiro atoms. The minimum Gasteiger partial charge on any atom is -0.492 e. The van der Waals surface area contributed by atoms with Crippen molar-refractivity contribution in [1.29, 1.82) is 0 Å². The molecule has 1 amide bonds. The van der Waals surface area contributed by atoms with Gasteiger partial charge >= 0.3 is 0 Å². The fraction of sp³-hybridized carbons (Fsp3) is 0.409. The second-order valence-electron chi connectivity index (χ2n) is 6.96. The molecule has 1 saturated heterocycles. The third kappa shape index (κ3) is 5.94. The molecule has 2 aromatic rings. The van der Waals surface area contributed by atoms with Crippen molar-refractivity contribution >= 4 is 17.5 Å². The van der Waals surface area contributed by atoms with Gasteiger partial charge in [0.25, 0.3) is 0 Å². The maximum Gasteiger partial charge on any atom is 0.222 e. The number of carbonyl (C=O) groups excluding carboxylic acids is 1. The Kier molecular flexibility index (Phi) is 7.69. The van der Waals surface area contributed by atoms with Gasteiger partial charge in [-0.1, -0.05) is 29.8 Å². The molecule has 28 heavy (non-hydrogen) atoms. The monoisotopic (exact) mass is 404 g/mol. The van der Waals surface area contributed by atoms with Crippen molar-refractivity contribution in [3.63, 3.8) is 0 Å². The lowest BCUT2D eigenvalue weighted by atomic mass is 10.1. The highest BCUT2D eigenvalue weighted by molar-refractivity contribution is 6.31. The molecule has 1 unspecified atom stereocenters. The van der Waals surface area contributed by atoms with E-state index in [1.807, 2.05) is 29.2 Å². The Bertz CT molecular complexity index is 769. The van der Waals surface area contributed by atoms with E-state index in [2.05, 4.69) is 5.32 Å². The average Bonchev–Trinajstić information content (AvgIpc) is 3.05. The van der Waals surface area contributed by atoms with Crippen LogP contribution in [0.15, 0.2) is 48.5 Å². The summed E-state index contributed by atoms with van der Waals surface area (Å²) in [6, 6.07) is 14.1. The molecule has 3 rings (SSSR count). The molecule has 2 aromatic carbocycles. The van der Waals surface area contributed by atoms with Crippen LogP contribution in [0, 0.1) is 5.82 Å². The van der Waals surface area contributed by atoms with E-state index in [1.54, 1.807) is 12.1 Å². The van der Waals surface area contributed by atoms with E-state index in [0.717, 1.165) is 36.4 Å². The predicted octanol–water partition coefficient (Wildman–Crippen LogP) is 4.07. The number of hydrogen-bond acceptors (Lipinski definition) is 3. The first-order valence-corrected chi connectivity index (χ1v) is 10.1. The SMILES string of the molecule is O=C1CCC(CCNCCOc2ccc(F)cc2)N1CCc1ccccc1Cl. The summed E-state index contributed by atoms with van der Waals surface area (Å²) in [6.45, 7) is 2.76. The molecule has 0 aromatic heterocycles. The molecule has 150 valence electrons. The lowest BCUT2D eigenvalue weighted by Crippen LogP contribution is -2.37. The van der Waals surface area contributed by atoms with Gasteiger partial charge in [0, 0.05) is 30.6 Å². The summed E-state index contributed by atoms with van der Waals surface area (Å²) in [7, 11) is 0. The zero-order valence-electron chi connectivity index (χ0n) is 15.9. The van der Waals surface area contributed by atoms with Crippen LogP contribution in [-0.2, 0) is 11.2 Å². The molecule has 0 radical (unpaired) electrons. The topological polar surface area (TPSA) is 41.6 Å². The van der Waals surface area contributed by atoms with Gasteiger partial charge < -0.3 is 15.0 Å². The van der Waals surface area contributed by atoms with E-state index >= 15 is 0 Å². The molecular formula is C22H26ClFN2O2. The van der Waals surface area contributed by atoms with Crippen LogP contribution in [0.1, 0.15) is 24.8 Å². The number of hydrogen-bond donors (Lipinski definition) is 1. The van der Waals surface area contributed by atoms with Crippen LogP contribution in [-0.4, -0.2) is 43.1 Å². The largest absolute Gasteiger partial charge is 0.492 e. The molecular weight excluding hydrogens is 379 g/mol. The molecule has 0 saturated carbocycles. The Morgan fingerprint density at radius 3 is 2.71 bits per heavy atom. The van der Waals surface area contributed by atoms with Crippen LogP contribution in [0.4, 0.5) is 4.39 Å². The number of nitrogens with zero attached hydrogens (tertiary/aromatic N) is 1. The van der Waals surface area contributed by atoms with Gasteiger partial charge in [-0.05, 0) is 61.7 Å². The molecule has 1 aliphatic heterocycles. The molecule has 1 fully saturated rings. The highest BCUT2D eigenvalue weighted by Crippen LogP contribution is 2.23. The van der Waals surface area contributed by atoms with Crippen molar-refractivity contribution in [3.05, 3.63) is 64.9 Å². The molecule has 1 atom stereocenters. The van der Waals surface area contributed by atoms with Crippen molar-refractivity contribution in [2.75, 3.05) is 26.2 Å². The molecule has 1 heterocycles. The zero-order chi connectivity index (χ0) is 19.8. The quantitative estimate of drug-likeness (QED) is 0.607. The van der Waals surface area contributed by atoms with Gasteiger partial charge in [-0.2, -0.15) is 0 Å². The van der Waals surface area contributed by atoms with E-state index < -0.39 is 0 Å². The summed E-state index contributed by atoms with van der Waals surface area (Å²) < 4.78 is 18.4. The van der Waals surface area contributed by atoms with Gasteiger partial charge in [0.15, 0.2) is 0 Å². The smallest absolute Gasteiger partial charge is 0.222 e. The second kappa shape index (κ2) is 10.4. The molecule has 1 N–H and O–H groups in total. The second-order valence-corrected chi connectivity index (χ2v) is 7.37. The standard InChI is InChI=1S/C22H26ClFN2O2/c23-21-4-2-1-3-17(21)12-15-26-19(7-10-22(26)27)11-13-25-14-16-28-20-8-5-18(24)6-9-20/h1-6,8-9,19,25H,7,10-16H2. The third-order valence-electron chi connectivity index (χ3n) is 5.05. The van der Waals surface area contributed by atoms with Gasteiger partial charge in [0.2, 0.25) is 5.91 Å². The van der Waals surface area contributed by atoms with Crippen molar-refractivity contribution < 1.29 is 13.9 Å². The lowest BCUT2D eigenvalue weighted by molar-refractivity contribution is -0.129. The van der Waals surface area contributed by atoms with Crippen LogP contribution in [0.5, 0.6) is 5.75 Å². The Morgan fingerprint density at radius 2 is 1.93 bits per heavy atom. The zero-order valence-corrected chi connectivity index (χ0v) is 16.6. The molecule has 4 nitrogen and oxygen atoms in total. The van der Waals surface area contributed by atoms with Crippen molar-refractivity contribution in [1.82, 2.24) is 10.2 Å². The summed E-state index contributed by atoms with van der Waals surface area (Å²) in [6.07, 6.45) is 3.24. The average molecular weight is 405 g/mol. The Morgan fingerprint density at radius 1 is 1.14 bits per heavy atom. The number of nitrogens with one attached hydrogen (secondary N) is 1. The molecule has 6 heteroatoms. The van der Waals surface area contributed by atoms with Gasteiger partial charge in [-0.25, -0.2) is 4.39 Å². The molecule has 0 aliphatic carbocycles. The van der Waals surface area contributed by atoms with Crippen molar-refractivity contribution in [2.45, 2.75) is 31.7 Å². The Hall–Kier alpha value is -2.11. The van der Waals surface area contributed by atoms with Gasteiger partial charge in [-0.3, -0.25) is 4.79 Å². The number of benzene rings is 2. The minimum absolute atomic E-state index is 0.233. The summed E-state index contributed by atoms with van der Waals surface area (Å²) in [5.74, 6) is 0.628. The fourth-order valence-corrected chi connectivity index (χ4v) is 3.74. The van der Waals surface area contributed by atoms with E-state index in [9.17, 15) is 9.18 Å². The first-order valence-electron chi connectivity index (χ1n) is 9.75. The van der Waals surface area contributed by atoms with E-state index in [-0.39, 0.29) is 17.8 Å². The van der Waals surface area contributed by atoms with Gasteiger partial charge in [0.1, 0.15) is 18.2 Å². The number of amides is 1. The summed E-state index contributed by atoms with van der Waals surface area (Å²) >= 11 is 6.22. The summed E-state index contributed by atoms with van der Waals surface area (Å²) in [5, 5.41) is 4.11. The minimum atomic E-state index is -0.268. The Balaban J connectivity index is 1.35. The first kappa shape index (κ1) is 20.6. The third-order valence-corrected chi connectivity index (χ3v) is 5.42. The van der Waals surface area contributed by atoms with Gasteiger partial charge in [0.05, 0.1) is 0 Å². The van der Waals surface area contributed by atoms with Crippen LogP contribution in [0.3, 0.4) is 0 Å². The maximum atomic E-state index is 12.9. The highest BCUT2D eigenvalue weighted by Gasteiger charge is 2.29. The lowest BCUT2D eigenvalue weighted by Gasteiger charge is -2.25. The van der Waals surface area contributed by atoms with E-state index in [1.165, 1.54) is 12.1 Å². The van der Waals surface area contributed by atoms with E-state index in [0.29, 0.717) is 31.9 Å². The van der Waals surface area contributed by atoms with Gasteiger partial charge in [-0.15, -0.1) is 0 Å². The summed E-state index contributed by atoms with van der Waals surface area (Å²) in [4.78, 5) is 14.2. The number of ether oxygens (including phenoxy) is 1. The number of rotatable bonds is 10. The van der Waals surface area contributed by atoms with Crippen LogP contribution >= 0.6 is 11.6 Å². The molecule has 1 aliphatic rings. The Labute approximate surface area is 170 Å². The number of carbonyl (C=O) groups is 1. The number of likely N-dealkylation sites (tertiary alicyclic amines) is 1. The van der Waals surface area contributed by atoms with Crippen LogP contribution < -0.4 is 10.1 Å².